The van der Waals surface area contributed by atoms with Gasteiger partial charge in [0.1, 0.15) is 0 Å². The highest BCUT2D eigenvalue weighted by atomic mass is 15.0. The normalized spacial score (nSPS) is 11.5. The van der Waals surface area contributed by atoms with E-state index >= 15 is 0 Å². The summed E-state index contributed by atoms with van der Waals surface area (Å²) in [7, 11) is 0. The Balaban J connectivity index is 1.16. The maximum atomic E-state index is 5.39. The average molecular weight is 802 g/mol. The first kappa shape index (κ1) is 36.5. The lowest BCUT2D eigenvalue weighted by molar-refractivity contribution is 1.18. The van der Waals surface area contributed by atoms with Crippen molar-refractivity contribution in [2.24, 2.45) is 0 Å². The summed E-state index contributed by atoms with van der Waals surface area (Å²) in [5.41, 5.74) is 15.8. The molecule has 0 N–H and O–H groups in total. The zero-order chi connectivity index (χ0) is 41.7. The van der Waals surface area contributed by atoms with Gasteiger partial charge in [0.25, 0.3) is 0 Å². The van der Waals surface area contributed by atoms with Gasteiger partial charge in [-0.1, -0.05) is 182 Å². The lowest BCUT2D eigenvalue weighted by Crippen LogP contribution is -1.98. The number of fused-ring (bicyclic) bond motifs is 5. The molecule has 3 heterocycles. The third kappa shape index (κ3) is 6.55. The van der Waals surface area contributed by atoms with Crippen LogP contribution in [0.15, 0.2) is 237 Å². The first-order valence-corrected chi connectivity index (χ1v) is 21.5. The zero-order valence-corrected chi connectivity index (χ0v) is 34.4. The van der Waals surface area contributed by atoms with Crippen molar-refractivity contribution < 1.29 is 0 Å². The number of para-hydroxylation sites is 2. The van der Waals surface area contributed by atoms with Crippen LogP contribution in [0.5, 0.6) is 0 Å². The number of rotatable bonds is 7. The zero-order valence-electron chi connectivity index (χ0n) is 34.4. The minimum Gasteiger partial charge on any atom is -0.309 e. The molecule has 0 saturated carbocycles. The molecule has 12 rings (SSSR count). The smallest absolute Gasteiger partial charge is 0.0721 e. The van der Waals surface area contributed by atoms with E-state index in [0.717, 1.165) is 84.0 Å². The molecular formula is C60H39N3. The molecule has 0 aliphatic carbocycles. The SMILES string of the molecule is c1ccc(-c2cc(-c3cc(-c4cc(-c5ccccc5)nc(-c5cccc6ccccc56)c4)cc(-n4c5ccccc5c5ccccc54)c3)cc(-c3cccc4ccccc34)n2)cc1. The molecule has 294 valence electrons. The van der Waals surface area contributed by atoms with Crippen LogP contribution < -0.4 is 0 Å². The van der Waals surface area contributed by atoms with Gasteiger partial charge in [0.2, 0.25) is 0 Å². The van der Waals surface area contributed by atoms with Crippen LogP contribution in [0.2, 0.25) is 0 Å². The van der Waals surface area contributed by atoms with Gasteiger partial charge in [0.15, 0.2) is 0 Å². The Morgan fingerprint density at radius 2 is 0.619 bits per heavy atom. The van der Waals surface area contributed by atoms with Crippen molar-refractivity contribution in [3.63, 3.8) is 0 Å². The van der Waals surface area contributed by atoms with Crippen molar-refractivity contribution in [1.82, 2.24) is 14.5 Å². The Labute approximate surface area is 365 Å². The summed E-state index contributed by atoms with van der Waals surface area (Å²) in [6.45, 7) is 0. The summed E-state index contributed by atoms with van der Waals surface area (Å²) in [4.78, 5) is 10.8. The summed E-state index contributed by atoms with van der Waals surface area (Å²) in [5.74, 6) is 0. The second kappa shape index (κ2) is 15.3. The van der Waals surface area contributed by atoms with Gasteiger partial charge >= 0.3 is 0 Å². The third-order valence-corrected chi connectivity index (χ3v) is 12.3. The van der Waals surface area contributed by atoms with Crippen LogP contribution in [-0.2, 0) is 0 Å². The topological polar surface area (TPSA) is 30.7 Å². The van der Waals surface area contributed by atoms with Gasteiger partial charge in [-0.05, 0) is 98.4 Å². The summed E-state index contributed by atoms with van der Waals surface area (Å²) >= 11 is 0. The van der Waals surface area contributed by atoms with Crippen LogP contribution in [0.25, 0.3) is 116 Å². The Kier molecular flexibility index (Phi) is 8.83. The quantitative estimate of drug-likeness (QED) is 0.161. The van der Waals surface area contributed by atoms with Gasteiger partial charge in [-0.25, -0.2) is 9.97 Å². The number of benzene rings is 9. The molecule has 3 nitrogen and oxygen atoms in total. The highest BCUT2D eigenvalue weighted by Crippen LogP contribution is 2.40. The highest BCUT2D eigenvalue weighted by molar-refractivity contribution is 6.09. The molecular weight excluding hydrogens is 763 g/mol. The first-order valence-electron chi connectivity index (χ1n) is 21.5. The van der Waals surface area contributed by atoms with Crippen molar-refractivity contribution >= 4 is 43.4 Å². The van der Waals surface area contributed by atoms with E-state index in [0.29, 0.717) is 0 Å². The Morgan fingerprint density at radius 3 is 1.10 bits per heavy atom. The average Bonchev–Trinajstić information content (AvgIpc) is 3.70. The molecule has 9 aromatic carbocycles. The van der Waals surface area contributed by atoms with Crippen molar-refractivity contribution in [2.75, 3.05) is 0 Å². The van der Waals surface area contributed by atoms with E-state index in [2.05, 4.69) is 241 Å². The molecule has 0 atom stereocenters. The molecule has 12 aromatic rings. The van der Waals surface area contributed by atoms with Crippen LogP contribution in [0.1, 0.15) is 0 Å². The van der Waals surface area contributed by atoms with Crippen LogP contribution in [-0.4, -0.2) is 14.5 Å². The van der Waals surface area contributed by atoms with E-state index in [1.165, 1.54) is 32.3 Å². The molecule has 3 heteroatoms. The van der Waals surface area contributed by atoms with E-state index in [1.54, 1.807) is 0 Å². The third-order valence-electron chi connectivity index (χ3n) is 12.3. The predicted octanol–water partition coefficient (Wildman–Crippen LogP) is 15.9. The number of aromatic nitrogens is 3. The fourth-order valence-corrected chi connectivity index (χ4v) is 9.36. The summed E-state index contributed by atoms with van der Waals surface area (Å²) < 4.78 is 2.42. The number of pyridine rings is 2. The van der Waals surface area contributed by atoms with E-state index in [9.17, 15) is 0 Å². The minimum atomic E-state index is 0.924. The van der Waals surface area contributed by atoms with Crippen LogP contribution >= 0.6 is 0 Å². The lowest BCUT2D eigenvalue weighted by atomic mass is 9.93. The van der Waals surface area contributed by atoms with Crippen LogP contribution in [0, 0.1) is 0 Å². The largest absolute Gasteiger partial charge is 0.309 e. The van der Waals surface area contributed by atoms with Gasteiger partial charge in [-0.2, -0.15) is 0 Å². The first-order chi connectivity index (χ1) is 31.2. The maximum Gasteiger partial charge on any atom is 0.0721 e. The molecule has 0 saturated heterocycles. The second-order valence-electron chi connectivity index (χ2n) is 16.2. The molecule has 0 radical (unpaired) electrons. The monoisotopic (exact) mass is 801 g/mol. The van der Waals surface area contributed by atoms with Gasteiger partial charge < -0.3 is 4.57 Å². The number of hydrogen-bond acceptors (Lipinski definition) is 2. The van der Waals surface area contributed by atoms with E-state index in [-0.39, 0.29) is 0 Å². The van der Waals surface area contributed by atoms with Crippen molar-refractivity contribution in [3.05, 3.63) is 237 Å². The fourth-order valence-electron chi connectivity index (χ4n) is 9.36. The summed E-state index contributed by atoms with van der Waals surface area (Å²) in [6.07, 6.45) is 0. The summed E-state index contributed by atoms with van der Waals surface area (Å²) in [6, 6.07) is 84.8. The molecule has 0 aliphatic rings. The minimum absolute atomic E-state index is 0.924. The standard InChI is InChI=1S/C60H39N3/c1-3-19-42(20-4-1)55-36-46(38-57(61-55)51-29-15-23-40-17-7-9-25-49(40)51)44-33-45(35-48(34-44)63-59-31-13-11-27-53(59)54-28-12-14-32-60(54)63)47-37-56(43-21-5-2-6-22-43)62-58(39-47)52-30-16-24-41-18-8-10-26-50(41)52/h1-39H. The van der Waals surface area contributed by atoms with Crippen LogP contribution in [0.3, 0.4) is 0 Å². The van der Waals surface area contributed by atoms with Crippen molar-refractivity contribution in [1.29, 1.82) is 0 Å². The Hall–Kier alpha value is -8.40. The molecule has 0 fully saturated rings. The van der Waals surface area contributed by atoms with Gasteiger partial charge in [-0.3, -0.25) is 0 Å². The summed E-state index contributed by atoms with van der Waals surface area (Å²) in [5, 5.41) is 7.18. The van der Waals surface area contributed by atoms with Crippen LogP contribution in [0.4, 0.5) is 0 Å². The lowest BCUT2D eigenvalue weighted by Gasteiger charge is -2.17. The number of nitrogens with zero attached hydrogens (tertiary/aromatic N) is 3. The molecule has 0 amide bonds. The highest BCUT2D eigenvalue weighted by Gasteiger charge is 2.18. The van der Waals surface area contributed by atoms with E-state index < -0.39 is 0 Å². The fraction of sp³-hybridized carbons (Fsp3) is 0. The molecule has 0 bridgehead atoms. The van der Waals surface area contributed by atoms with Crippen molar-refractivity contribution in [3.8, 4) is 73.0 Å². The van der Waals surface area contributed by atoms with E-state index in [4.69, 9.17) is 9.97 Å². The molecule has 0 unspecified atom stereocenters. The Bertz CT molecular complexity index is 3430. The van der Waals surface area contributed by atoms with Gasteiger partial charge in [0.05, 0.1) is 33.8 Å². The predicted molar refractivity (Wildman–Crippen MR) is 264 cm³/mol. The number of hydrogen-bond donors (Lipinski definition) is 0. The van der Waals surface area contributed by atoms with Gasteiger partial charge in [-0.15, -0.1) is 0 Å². The second-order valence-corrected chi connectivity index (χ2v) is 16.2. The molecule has 0 aliphatic heterocycles. The molecule has 63 heavy (non-hydrogen) atoms. The van der Waals surface area contributed by atoms with E-state index in [1.807, 2.05) is 0 Å². The molecule has 3 aromatic heterocycles. The van der Waals surface area contributed by atoms with Gasteiger partial charge in [0, 0.05) is 38.7 Å². The Morgan fingerprint density at radius 1 is 0.254 bits per heavy atom. The molecule has 0 spiro atoms. The van der Waals surface area contributed by atoms with Crippen molar-refractivity contribution in [2.45, 2.75) is 0 Å². The maximum absolute atomic E-state index is 5.39.